The van der Waals surface area contributed by atoms with Crippen LogP contribution in [-0.2, 0) is 16.0 Å². The molecule has 88 valence electrons. The monoisotopic (exact) mass is 226 g/mol. The summed E-state index contributed by atoms with van der Waals surface area (Å²) in [5, 5.41) is 14.9. The number of nitrogens with one attached hydrogen (secondary N) is 1. The number of rotatable bonds is 5. The lowest BCUT2D eigenvalue weighted by atomic mass is 10.1. The van der Waals surface area contributed by atoms with Gasteiger partial charge in [-0.2, -0.15) is 0 Å². The first-order valence-electron chi connectivity index (χ1n) is 4.91. The van der Waals surface area contributed by atoms with Crippen molar-refractivity contribution in [3.05, 3.63) is 17.5 Å². The standard InChI is InChI=1S/C10H14N2O4/c1-6-5-8(16-12-6)3-4-9(10(14)15)11-7(2)13/h5,9H,3-4H2,1-2H3,(H,11,13)(H,14,15)/t9-/m1/s1. The summed E-state index contributed by atoms with van der Waals surface area (Å²) < 4.78 is 4.94. The highest BCUT2D eigenvalue weighted by molar-refractivity contribution is 5.81. The van der Waals surface area contributed by atoms with Crippen molar-refractivity contribution in [3.63, 3.8) is 0 Å². The molecule has 0 aromatic carbocycles. The molecule has 1 aromatic rings. The van der Waals surface area contributed by atoms with E-state index in [0.29, 0.717) is 12.2 Å². The highest BCUT2D eigenvalue weighted by atomic mass is 16.5. The van der Waals surface area contributed by atoms with Gasteiger partial charge in [0.15, 0.2) is 0 Å². The Morgan fingerprint density at radius 3 is 2.75 bits per heavy atom. The van der Waals surface area contributed by atoms with Crippen LogP contribution in [0.15, 0.2) is 10.6 Å². The number of aromatic nitrogens is 1. The van der Waals surface area contributed by atoms with Crippen LogP contribution in [0.1, 0.15) is 24.8 Å². The average molecular weight is 226 g/mol. The Bertz CT molecular complexity index is 386. The van der Waals surface area contributed by atoms with Crippen molar-refractivity contribution < 1.29 is 19.2 Å². The third kappa shape index (κ3) is 3.72. The second-order valence-corrected chi connectivity index (χ2v) is 3.56. The van der Waals surface area contributed by atoms with Gasteiger partial charge < -0.3 is 14.9 Å². The first kappa shape index (κ1) is 12.2. The largest absolute Gasteiger partial charge is 0.480 e. The summed E-state index contributed by atoms with van der Waals surface area (Å²) in [6.45, 7) is 3.07. The number of hydrogen-bond acceptors (Lipinski definition) is 4. The second-order valence-electron chi connectivity index (χ2n) is 3.56. The van der Waals surface area contributed by atoms with Crippen LogP contribution in [0.4, 0.5) is 0 Å². The van der Waals surface area contributed by atoms with Crippen molar-refractivity contribution in [2.24, 2.45) is 0 Å². The van der Waals surface area contributed by atoms with Gasteiger partial charge in [-0.05, 0) is 13.3 Å². The van der Waals surface area contributed by atoms with Gasteiger partial charge in [0.2, 0.25) is 5.91 Å². The summed E-state index contributed by atoms with van der Waals surface area (Å²) in [6.07, 6.45) is 0.710. The molecule has 0 aliphatic rings. The van der Waals surface area contributed by atoms with E-state index in [4.69, 9.17) is 9.63 Å². The number of carboxylic acid groups (broad SMARTS) is 1. The van der Waals surface area contributed by atoms with Crippen molar-refractivity contribution in [2.75, 3.05) is 0 Å². The maximum absolute atomic E-state index is 10.8. The average Bonchev–Trinajstić information content (AvgIpc) is 2.58. The number of aliphatic carboxylic acids is 1. The Morgan fingerprint density at radius 2 is 2.31 bits per heavy atom. The van der Waals surface area contributed by atoms with Crippen LogP contribution in [0.2, 0.25) is 0 Å². The van der Waals surface area contributed by atoms with Crippen molar-refractivity contribution >= 4 is 11.9 Å². The fourth-order valence-corrected chi connectivity index (χ4v) is 1.32. The van der Waals surface area contributed by atoms with E-state index in [2.05, 4.69) is 10.5 Å². The minimum Gasteiger partial charge on any atom is -0.480 e. The Morgan fingerprint density at radius 1 is 1.62 bits per heavy atom. The molecule has 1 rings (SSSR count). The molecule has 1 atom stereocenters. The number of nitrogens with zero attached hydrogens (tertiary/aromatic N) is 1. The molecule has 0 fully saturated rings. The Labute approximate surface area is 92.6 Å². The molecule has 0 aliphatic carbocycles. The molecule has 1 amide bonds. The molecule has 2 N–H and O–H groups in total. The number of hydrogen-bond donors (Lipinski definition) is 2. The maximum Gasteiger partial charge on any atom is 0.326 e. The molecule has 6 nitrogen and oxygen atoms in total. The van der Waals surface area contributed by atoms with E-state index in [0.717, 1.165) is 5.69 Å². The Hall–Kier alpha value is -1.85. The Kier molecular flexibility index (Phi) is 4.04. The Balaban J connectivity index is 2.50. The van der Waals surface area contributed by atoms with E-state index in [-0.39, 0.29) is 12.3 Å². The second kappa shape index (κ2) is 5.29. The molecular formula is C10H14N2O4. The molecule has 0 radical (unpaired) electrons. The van der Waals surface area contributed by atoms with Gasteiger partial charge in [0, 0.05) is 19.4 Å². The van der Waals surface area contributed by atoms with Crippen LogP contribution >= 0.6 is 0 Å². The quantitative estimate of drug-likeness (QED) is 0.762. The predicted octanol–water partition coefficient (Wildman–Crippen LogP) is 0.505. The van der Waals surface area contributed by atoms with E-state index in [1.807, 2.05) is 0 Å². The van der Waals surface area contributed by atoms with Crippen LogP contribution in [-0.4, -0.2) is 28.2 Å². The lowest BCUT2D eigenvalue weighted by Crippen LogP contribution is -2.39. The molecule has 1 aromatic heterocycles. The molecule has 6 heteroatoms. The van der Waals surface area contributed by atoms with Gasteiger partial charge in [0.25, 0.3) is 0 Å². The van der Waals surface area contributed by atoms with E-state index in [9.17, 15) is 9.59 Å². The molecule has 1 heterocycles. The summed E-state index contributed by atoms with van der Waals surface area (Å²) >= 11 is 0. The number of amides is 1. The van der Waals surface area contributed by atoms with Crippen molar-refractivity contribution in [2.45, 2.75) is 32.7 Å². The summed E-state index contributed by atoms with van der Waals surface area (Å²) in [7, 11) is 0. The molecule has 0 unspecified atom stereocenters. The zero-order valence-electron chi connectivity index (χ0n) is 9.19. The number of carbonyl (C=O) groups excluding carboxylic acids is 1. The van der Waals surface area contributed by atoms with Crippen LogP contribution in [0.3, 0.4) is 0 Å². The molecule has 0 saturated carbocycles. The van der Waals surface area contributed by atoms with Crippen molar-refractivity contribution in [1.29, 1.82) is 0 Å². The van der Waals surface area contributed by atoms with Gasteiger partial charge in [-0.25, -0.2) is 4.79 Å². The number of carboxylic acids is 1. The van der Waals surface area contributed by atoms with E-state index in [1.54, 1.807) is 13.0 Å². The van der Waals surface area contributed by atoms with Gasteiger partial charge in [-0.1, -0.05) is 5.16 Å². The van der Waals surface area contributed by atoms with E-state index in [1.165, 1.54) is 6.92 Å². The molecule has 0 saturated heterocycles. The molecule has 0 bridgehead atoms. The highest BCUT2D eigenvalue weighted by Gasteiger charge is 2.18. The lowest BCUT2D eigenvalue weighted by molar-refractivity contribution is -0.141. The van der Waals surface area contributed by atoms with Gasteiger partial charge in [0.1, 0.15) is 11.8 Å². The van der Waals surface area contributed by atoms with Crippen molar-refractivity contribution in [3.8, 4) is 0 Å². The fourth-order valence-electron chi connectivity index (χ4n) is 1.32. The number of aryl methyl sites for hydroxylation is 2. The lowest BCUT2D eigenvalue weighted by Gasteiger charge is -2.11. The van der Waals surface area contributed by atoms with Gasteiger partial charge in [0.05, 0.1) is 5.69 Å². The SMILES string of the molecule is CC(=O)N[C@H](CCc1cc(C)no1)C(=O)O. The minimum absolute atomic E-state index is 0.281. The summed E-state index contributed by atoms with van der Waals surface area (Å²) in [5.41, 5.74) is 0.751. The summed E-state index contributed by atoms with van der Waals surface area (Å²) in [5.74, 6) is -0.790. The molecule has 16 heavy (non-hydrogen) atoms. The molecular weight excluding hydrogens is 212 g/mol. The molecule has 0 spiro atoms. The van der Waals surface area contributed by atoms with Gasteiger partial charge in [-0.3, -0.25) is 4.79 Å². The maximum atomic E-state index is 10.8. The van der Waals surface area contributed by atoms with Crippen LogP contribution < -0.4 is 5.32 Å². The van der Waals surface area contributed by atoms with Crippen LogP contribution in [0, 0.1) is 6.92 Å². The zero-order valence-corrected chi connectivity index (χ0v) is 9.19. The van der Waals surface area contributed by atoms with Crippen LogP contribution in [0.5, 0.6) is 0 Å². The van der Waals surface area contributed by atoms with Gasteiger partial charge in [-0.15, -0.1) is 0 Å². The van der Waals surface area contributed by atoms with Crippen molar-refractivity contribution in [1.82, 2.24) is 10.5 Å². The predicted molar refractivity (Wildman–Crippen MR) is 54.8 cm³/mol. The topological polar surface area (TPSA) is 92.4 Å². The van der Waals surface area contributed by atoms with Crippen LogP contribution in [0.25, 0.3) is 0 Å². The highest BCUT2D eigenvalue weighted by Crippen LogP contribution is 2.07. The van der Waals surface area contributed by atoms with E-state index < -0.39 is 12.0 Å². The smallest absolute Gasteiger partial charge is 0.326 e. The summed E-state index contributed by atoms with van der Waals surface area (Å²) in [4.78, 5) is 21.6. The normalized spacial score (nSPS) is 12.1. The molecule has 0 aliphatic heterocycles. The number of carbonyl (C=O) groups is 2. The first-order chi connectivity index (χ1) is 7.49. The zero-order chi connectivity index (χ0) is 12.1. The summed E-state index contributed by atoms with van der Waals surface area (Å²) in [6, 6.07) is 0.857. The fraction of sp³-hybridized carbons (Fsp3) is 0.500. The van der Waals surface area contributed by atoms with E-state index >= 15 is 0 Å². The minimum atomic E-state index is -1.05. The third-order valence-corrected chi connectivity index (χ3v) is 2.03. The van der Waals surface area contributed by atoms with Gasteiger partial charge >= 0.3 is 5.97 Å². The first-order valence-corrected chi connectivity index (χ1v) is 4.91. The third-order valence-electron chi connectivity index (χ3n) is 2.03.